The lowest BCUT2D eigenvalue weighted by molar-refractivity contribution is -0.0648. The van der Waals surface area contributed by atoms with Gasteiger partial charge < -0.3 is 24.0 Å². The highest BCUT2D eigenvalue weighted by Gasteiger charge is 2.55. The van der Waals surface area contributed by atoms with Gasteiger partial charge in [-0.25, -0.2) is 4.39 Å². The van der Waals surface area contributed by atoms with Crippen molar-refractivity contribution in [1.82, 2.24) is 0 Å². The summed E-state index contributed by atoms with van der Waals surface area (Å²) < 4.78 is 65.0. The first kappa shape index (κ1) is 17.9. The number of ether oxygens (including phenoxy) is 3. The van der Waals surface area contributed by atoms with Gasteiger partial charge in [-0.2, -0.15) is 8.78 Å². The predicted molar refractivity (Wildman–Crippen MR) is 65.3 cm³/mol. The van der Waals surface area contributed by atoms with Gasteiger partial charge in [-0.1, -0.05) is 0 Å². The van der Waals surface area contributed by atoms with Gasteiger partial charge in [-0.05, 0) is 0 Å². The zero-order valence-corrected chi connectivity index (χ0v) is 11.9. The normalized spacial score (nSPS) is 31.7. The molecule has 0 aromatic carbocycles. The summed E-state index contributed by atoms with van der Waals surface area (Å²) in [5.74, 6) is 0. The molecule has 0 unspecified atom stereocenters. The van der Waals surface area contributed by atoms with E-state index >= 15 is 0 Å². The fourth-order valence-corrected chi connectivity index (χ4v) is 2.55. The van der Waals surface area contributed by atoms with Crippen LogP contribution in [-0.2, 0) is 18.8 Å². The van der Waals surface area contributed by atoms with E-state index in [0.717, 1.165) is 0 Å². The minimum atomic E-state index is -5.59. The Balaban J connectivity index is 2.79. The van der Waals surface area contributed by atoms with E-state index in [4.69, 9.17) is 24.0 Å². The minimum Gasteiger partial charge on any atom is -0.378 e. The second-order valence-corrected chi connectivity index (χ2v) is 6.26. The summed E-state index contributed by atoms with van der Waals surface area (Å²) in [4.78, 5) is 17.2. The average Bonchev–Trinajstić information content (AvgIpc) is 2.59. The summed E-state index contributed by atoms with van der Waals surface area (Å²) in [6, 6.07) is -0.649. The molecule has 1 heterocycles. The first-order chi connectivity index (χ1) is 9.14. The summed E-state index contributed by atoms with van der Waals surface area (Å²) in [6.07, 6.45) is -4.17. The van der Waals surface area contributed by atoms with Crippen molar-refractivity contribution in [2.24, 2.45) is 0 Å². The third-order valence-corrected chi connectivity index (χ3v) is 4.11. The summed E-state index contributed by atoms with van der Waals surface area (Å²) in [6.45, 7) is -0.983. The summed E-state index contributed by atoms with van der Waals surface area (Å²) in [7, 11) is -2.82. The molecule has 1 rings (SSSR count). The van der Waals surface area contributed by atoms with Crippen LogP contribution in [0, 0.1) is 0 Å². The smallest absolute Gasteiger partial charge is 0.378 e. The van der Waals surface area contributed by atoms with Crippen LogP contribution in [0.15, 0.2) is 0 Å². The van der Waals surface area contributed by atoms with Crippen LogP contribution in [-0.4, -0.2) is 68.0 Å². The van der Waals surface area contributed by atoms with Crippen LogP contribution in [0.2, 0.25) is 0 Å². The largest absolute Gasteiger partial charge is 0.394 e. The molecule has 1 saturated heterocycles. The highest BCUT2D eigenvalue weighted by Crippen LogP contribution is 2.56. The molecular formula is C9H17BF3O6P. The van der Waals surface area contributed by atoms with Gasteiger partial charge in [0.05, 0.1) is 25.1 Å². The van der Waals surface area contributed by atoms with E-state index in [1.54, 1.807) is 0 Å². The van der Waals surface area contributed by atoms with Crippen molar-refractivity contribution in [2.45, 2.75) is 36.4 Å². The molecule has 11 heteroatoms. The number of halogens is 3. The van der Waals surface area contributed by atoms with E-state index < -0.39 is 50.7 Å². The van der Waals surface area contributed by atoms with Gasteiger partial charge in [0.1, 0.15) is 26.7 Å². The van der Waals surface area contributed by atoms with Crippen molar-refractivity contribution in [3.63, 3.8) is 0 Å². The van der Waals surface area contributed by atoms with E-state index in [2.05, 4.69) is 0 Å². The summed E-state index contributed by atoms with van der Waals surface area (Å²) in [5, 5.41) is 0. The van der Waals surface area contributed by atoms with Crippen LogP contribution in [0.25, 0.3) is 0 Å². The number of hydrogen-bond donors (Lipinski definition) is 2. The van der Waals surface area contributed by atoms with Crippen molar-refractivity contribution >= 4 is 15.4 Å². The van der Waals surface area contributed by atoms with Gasteiger partial charge >= 0.3 is 13.3 Å². The lowest BCUT2D eigenvalue weighted by Crippen LogP contribution is -2.39. The Morgan fingerprint density at radius 3 is 2.45 bits per heavy atom. The van der Waals surface area contributed by atoms with Crippen LogP contribution in [0.5, 0.6) is 0 Å². The Bertz CT molecular complexity index is 368. The van der Waals surface area contributed by atoms with Crippen molar-refractivity contribution in [2.75, 3.05) is 20.4 Å². The van der Waals surface area contributed by atoms with Crippen LogP contribution < -0.4 is 0 Å². The van der Waals surface area contributed by atoms with E-state index in [-0.39, 0.29) is 6.61 Å². The van der Waals surface area contributed by atoms with Gasteiger partial charge in [0, 0.05) is 7.11 Å². The SMILES string of the molecule is B[C@@H]1O[C@H](CC(F)(F)P(=O)(O)O)[C@@H](OC)[C@H]1OCCF. The summed E-state index contributed by atoms with van der Waals surface area (Å²) >= 11 is 0. The Kier molecular flexibility index (Phi) is 6.07. The van der Waals surface area contributed by atoms with E-state index in [0.29, 0.717) is 0 Å². The highest BCUT2D eigenvalue weighted by atomic mass is 31.2. The molecule has 118 valence electrons. The van der Waals surface area contributed by atoms with Gasteiger partial charge in [0.25, 0.3) is 0 Å². The van der Waals surface area contributed by atoms with Crippen LogP contribution >= 0.6 is 7.60 Å². The zero-order valence-electron chi connectivity index (χ0n) is 11.0. The average molecular weight is 320 g/mol. The number of hydrogen-bond acceptors (Lipinski definition) is 4. The molecule has 0 amide bonds. The van der Waals surface area contributed by atoms with E-state index in [1.165, 1.54) is 15.0 Å². The number of alkyl halides is 3. The molecule has 0 aromatic heterocycles. The quantitative estimate of drug-likeness (QED) is 0.502. The Morgan fingerprint density at radius 1 is 1.40 bits per heavy atom. The third kappa shape index (κ3) is 3.96. The molecule has 4 atom stereocenters. The second-order valence-electron chi connectivity index (χ2n) is 4.52. The lowest BCUT2D eigenvalue weighted by atomic mass is 9.92. The Hall–Kier alpha value is -0.115. The van der Waals surface area contributed by atoms with E-state index in [9.17, 15) is 17.7 Å². The van der Waals surface area contributed by atoms with Crippen LogP contribution in [0.1, 0.15) is 6.42 Å². The lowest BCUT2D eigenvalue weighted by Gasteiger charge is -2.25. The Morgan fingerprint density at radius 2 is 2.00 bits per heavy atom. The molecule has 6 nitrogen and oxygen atoms in total. The van der Waals surface area contributed by atoms with Crippen LogP contribution in [0.3, 0.4) is 0 Å². The molecule has 2 N–H and O–H groups in total. The van der Waals surface area contributed by atoms with Crippen molar-refractivity contribution in [1.29, 1.82) is 0 Å². The van der Waals surface area contributed by atoms with Gasteiger partial charge in [0.15, 0.2) is 0 Å². The maximum absolute atomic E-state index is 13.4. The van der Waals surface area contributed by atoms with Gasteiger partial charge in [0.2, 0.25) is 0 Å². The molecule has 0 saturated carbocycles. The maximum atomic E-state index is 13.4. The summed E-state index contributed by atoms with van der Waals surface area (Å²) in [5.41, 5.74) is -4.22. The number of rotatable bonds is 7. The molecule has 1 fully saturated rings. The topological polar surface area (TPSA) is 85.2 Å². The molecular weight excluding hydrogens is 303 g/mol. The van der Waals surface area contributed by atoms with Crippen molar-refractivity contribution < 1.29 is 41.7 Å². The maximum Gasteiger partial charge on any atom is 0.394 e. The fourth-order valence-electron chi connectivity index (χ4n) is 2.13. The highest BCUT2D eigenvalue weighted by molar-refractivity contribution is 7.53. The third-order valence-electron chi connectivity index (χ3n) is 3.07. The number of methoxy groups -OCH3 is 1. The van der Waals surface area contributed by atoms with Gasteiger partial charge in [-0.3, -0.25) is 4.57 Å². The Labute approximate surface area is 115 Å². The molecule has 0 radical (unpaired) electrons. The molecule has 0 aromatic rings. The minimum absolute atomic E-state index is 0.236. The second kappa shape index (κ2) is 6.76. The van der Waals surface area contributed by atoms with Crippen molar-refractivity contribution in [3.05, 3.63) is 0 Å². The van der Waals surface area contributed by atoms with Gasteiger partial charge in [-0.15, -0.1) is 0 Å². The van der Waals surface area contributed by atoms with Crippen molar-refractivity contribution in [3.8, 4) is 0 Å². The zero-order chi connectivity index (χ0) is 15.6. The predicted octanol–water partition coefficient (Wildman–Crippen LogP) is -0.125. The molecule has 0 aliphatic carbocycles. The molecule has 0 spiro atoms. The monoisotopic (exact) mass is 320 g/mol. The fraction of sp³-hybridized carbons (Fsp3) is 1.00. The van der Waals surface area contributed by atoms with E-state index in [1.807, 2.05) is 0 Å². The molecule has 0 bridgehead atoms. The first-order valence-electron chi connectivity index (χ1n) is 5.93. The van der Waals surface area contributed by atoms with Crippen LogP contribution in [0.4, 0.5) is 13.2 Å². The molecule has 1 aliphatic rings. The first-order valence-corrected chi connectivity index (χ1v) is 7.54. The standard InChI is InChI=1S/C9H17BF3O6P/c1-17-6-5(4-9(12,13)20(14,15)16)19-8(10)7(6)18-3-2-11/h5-8H,2-4,10H2,1H3,(H2,14,15,16)/t5-,6-,7-,8-/m1/s1. The molecule has 20 heavy (non-hydrogen) atoms. The molecule has 1 aliphatic heterocycles.